The Bertz CT molecular complexity index is 352. The van der Waals surface area contributed by atoms with E-state index in [0.29, 0.717) is 13.1 Å². The fourth-order valence-corrected chi connectivity index (χ4v) is 2.45. The van der Waals surface area contributed by atoms with Gasteiger partial charge >= 0.3 is 5.97 Å². The third-order valence-corrected chi connectivity index (χ3v) is 3.04. The fourth-order valence-electron chi connectivity index (χ4n) is 1.28. The molecule has 0 atom stereocenters. The van der Waals surface area contributed by atoms with Gasteiger partial charge in [0.25, 0.3) is 0 Å². The highest BCUT2D eigenvalue weighted by atomic mass is 35.5. The second-order valence-electron chi connectivity index (χ2n) is 3.92. The van der Waals surface area contributed by atoms with Gasteiger partial charge in [-0.25, -0.2) is 0 Å². The Hall–Kier alpha value is -0.580. The Morgan fingerprint density at radius 1 is 1.56 bits per heavy atom. The van der Waals surface area contributed by atoms with E-state index in [4.69, 9.17) is 16.3 Å². The highest BCUT2D eigenvalue weighted by Gasteiger charge is 2.10. The largest absolute Gasteiger partial charge is 0.462 e. The SMILES string of the molecule is CC(C)OC(=O)CN(C)Cc1ccc(Cl)s1. The fraction of sp³-hybridized carbons (Fsp3) is 0.545. The van der Waals surface area contributed by atoms with Crippen LogP contribution in [0, 0.1) is 0 Å². The van der Waals surface area contributed by atoms with Crippen molar-refractivity contribution < 1.29 is 9.53 Å². The number of ether oxygens (including phenoxy) is 1. The van der Waals surface area contributed by atoms with Gasteiger partial charge in [0.05, 0.1) is 17.0 Å². The highest BCUT2D eigenvalue weighted by Crippen LogP contribution is 2.22. The average molecular weight is 262 g/mol. The Kier molecular flexibility index (Phi) is 5.25. The third kappa shape index (κ3) is 4.96. The summed E-state index contributed by atoms with van der Waals surface area (Å²) in [6.07, 6.45) is -0.0583. The molecule has 0 unspecified atom stereocenters. The molecule has 0 radical (unpaired) electrons. The lowest BCUT2D eigenvalue weighted by molar-refractivity contribution is -0.148. The van der Waals surface area contributed by atoms with E-state index in [1.54, 1.807) is 0 Å². The number of nitrogens with zero attached hydrogens (tertiary/aromatic N) is 1. The minimum absolute atomic E-state index is 0.0583. The molecule has 0 amide bonds. The van der Waals surface area contributed by atoms with Gasteiger partial charge in [-0.3, -0.25) is 9.69 Å². The number of likely N-dealkylation sites (N-methyl/N-ethyl adjacent to an activating group) is 1. The molecular formula is C11H16ClNO2S. The van der Waals surface area contributed by atoms with E-state index < -0.39 is 0 Å². The van der Waals surface area contributed by atoms with Crippen LogP contribution in [0.4, 0.5) is 0 Å². The predicted octanol–water partition coefficient (Wildman–Crippen LogP) is 2.78. The lowest BCUT2D eigenvalue weighted by Crippen LogP contribution is -2.28. The Morgan fingerprint density at radius 2 is 2.25 bits per heavy atom. The number of carbonyl (C=O) groups excluding carboxylic acids is 1. The first-order chi connectivity index (χ1) is 7.47. The minimum Gasteiger partial charge on any atom is -0.462 e. The van der Waals surface area contributed by atoms with Crippen molar-refractivity contribution in [2.24, 2.45) is 0 Å². The Balaban J connectivity index is 2.35. The summed E-state index contributed by atoms with van der Waals surface area (Å²) in [4.78, 5) is 14.4. The highest BCUT2D eigenvalue weighted by molar-refractivity contribution is 7.16. The van der Waals surface area contributed by atoms with Crippen LogP contribution in [-0.2, 0) is 16.1 Å². The summed E-state index contributed by atoms with van der Waals surface area (Å²) >= 11 is 7.36. The zero-order valence-corrected chi connectivity index (χ0v) is 11.3. The molecule has 5 heteroatoms. The summed E-state index contributed by atoms with van der Waals surface area (Å²) in [7, 11) is 1.88. The molecule has 90 valence electrons. The van der Waals surface area contributed by atoms with Crippen molar-refractivity contribution in [1.82, 2.24) is 4.90 Å². The monoisotopic (exact) mass is 261 g/mol. The molecule has 0 bridgehead atoms. The molecule has 1 rings (SSSR count). The average Bonchev–Trinajstić information content (AvgIpc) is 2.48. The van der Waals surface area contributed by atoms with E-state index in [-0.39, 0.29) is 12.1 Å². The lowest BCUT2D eigenvalue weighted by Gasteiger charge is -2.15. The molecule has 0 saturated heterocycles. The molecule has 3 nitrogen and oxygen atoms in total. The van der Waals surface area contributed by atoms with Crippen molar-refractivity contribution in [2.75, 3.05) is 13.6 Å². The van der Waals surface area contributed by atoms with Gasteiger partial charge in [-0.2, -0.15) is 0 Å². The molecule has 1 aromatic rings. The molecule has 0 spiro atoms. The molecule has 0 saturated carbocycles. The predicted molar refractivity (Wildman–Crippen MR) is 66.9 cm³/mol. The van der Waals surface area contributed by atoms with Crippen LogP contribution in [-0.4, -0.2) is 30.6 Å². The van der Waals surface area contributed by atoms with E-state index in [0.717, 1.165) is 9.21 Å². The molecule has 0 aliphatic carbocycles. The number of hydrogen-bond donors (Lipinski definition) is 0. The Labute approximate surface area is 105 Å². The van der Waals surface area contributed by atoms with E-state index in [1.165, 1.54) is 11.3 Å². The normalized spacial score (nSPS) is 11.1. The van der Waals surface area contributed by atoms with Crippen molar-refractivity contribution >= 4 is 28.9 Å². The maximum absolute atomic E-state index is 11.4. The van der Waals surface area contributed by atoms with Gasteiger partial charge in [0.2, 0.25) is 0 Å². The van der Waals surface area contributed by atoms with Crippen molar-refractivity contribution in [3.63, 3.8) is 0 Å². The summed E-state index contributed by atoms with van der Waals surface area (Å²) in [6.45, 7) is 4.70. The zero-order chi connectivity index (χ0) is 12.1. The number of esters is 1. The van der Waals surface area contributed by atoms with Crippen LogP contribution in [0.3, 0.4) is 0 Å². The number of halogens is 1. The molecule has 1 aromatic heterocycles. The van der Waals surface area contributed by atoms with E-state index in [2.05, 4.69) is 0 Å². The van der Waals surface area contributed by atoms with Crippen LogP contribution in [0.2, 0.25) is 4.34 Å². The summed E-state index contributed by atoms with van der Waals surface area (Å²) < 4.78 is 5.83. The van der Waals surface area contributed by atoms with Gasteiger partial charge in [0, 0.05) is 11.4 Å². The zero-order valence-electron chi connectivity index (χ0n) is 9.70. The quantitative estimate of drug-likeness (QED) is 0.764. The first-order valence-electron chi connectivity index (χ1n) is 5.09. The number of carbonyl (C=O) groups is 1. The van der Waals surface area contributed by atoms with E-state index in [9.17, 15) is 4.79 Å². The molecule has 0 aliphatic rings. The van der Waals surface area contributed by atoms with E-state index >= 15 is 0 Å². The maximum atomic E-state index is 11.4. The van der Waals surface area contributed by atoms with Crippen molar-refractivity contribution in [2.45, 2.75) is 26.5 Å². The van der Waals surface area contributed by atoms with Gasteiger partial charge in [-0.05, 0) is 33.0 Å². The molecular weight excluding hydrogens is 246 g/mol. The second-order valence-corrected chi connectivity index (χ2v) is 5.72. The second kappa shape index (κ2) is 6.23. The van der Waals surface area contributed by atoms with Crippen LogP contribution < -0.4 is 0 Å². The van der Waals surface area contributed by atoms with Crippen LogP contribution in [0.1, 0.15) is 18.7 Å². The molecule has 1 heterocycles. The van der Waals surface area contributed by atoms with Gasteiger partial charge in [0.15, 0.2) is 0 Å². The topological polar surface area (TPSA) is 29.5 Å². The smallest absolute Gasteiger partial charge is 0.320 e. The third-order valence-electron chi connectivity index (χ3n) is 1.82. The summed E-state index contributed by atoms with van der Waals surface area (Å²) in [5.41, 5.74) is 0. The van der Waals surface area contributed by atoms with Gasteiger partial charge < -0.3 is 4.74 Å². The van der Waals surface area contributed by atoms with Crippen LogP contribution >= 0.6 is 22.9 Å². The first-order valence-corrected chi connectivity index (χ1v) is 6.29. The van der Waals surface area contributed by atoms with Crippen LogP contribution in [0.5, 0.6) is 0 Å². The molecule has 0 N–H and O–H groups in total. The van der Waals surface area contributed by atoms with Crippen LogP contribution in [0.15, 0.2) is 12.1 Å². The first kappa shape index (κ1) is 13.5. The van der Waals surface area contributed by atoms with Crippen molar-refractivity contribution in [1.29, 1.82) is 0 Å². The number of rotatable bonds is 5. The van der Waals surface area contributed by atoms with Crippen molar-refractivity contribution in [3.05, 3.63) is 21.3 Å². The van der Waals surface area contributed by atoms with Crippen molar-refractivity contribution in [3.8, 4) is 0 Å². The number of hydrogen-bond acceptors (Lipinski definition) is 4. The van der Waals surface area contributed by atoms with Gasteiger partial charge in [-0.1, -0.05) is 11.6 Å². The maximum Gasteiger partial charge on any atom is 0.320 e. The molecule has 0 fully saturated rings. The summed E-state index contributed by atoms with van der Waals surface area (Å²) in [5.74, 6) is -0.194. The summed E-state index contributed by atoms with van der Waals surface area (Å²) in [6, 6.07) is 3.83. The lowest BCUT2D eigenvalue weighted by atomic mass is 10.4. The molecule has 16 heavy (non-hydrogen) atoms. The molecule has 0 aliphatic heterocycles. The Morgan fingerprint density at radius 3 is 2.75 bits per heavy atom. The summed E-state index contributed by atoms with van der Waals surface area (Å²) in [5, 5.41) is 0. The minimum atomic E-state index is -0.194. The van der Waals surface area contributed by atoms with Gasteiger partial charge in [-0.15, -0.1) is 11.3 Å². The number of thiophene rings is 1. The van der Waals surface area contributed by atoms with Crippen LogP contribution in [0.25, 0.3) is 0 Å². The van der Waals surface area contributed by atoms with E-state index in [1.807, 2.05) is 37.9 Å². The standard InChI is InChI=1S/C11H16ClNO2S/c1-8(2)15-11(14)7-13(3)6-9-4-5-10(12)16-9/h4-5,8H,6-7H2,1-3H3. The molecule has 0 aromatic carbocycles. The van der Waals surface area contributed by atoms with Gasteiger partial charge in [0.1, 0.15) is 0 Å².